The highest BCUT2D eigenvalue weighted by atomic mass is 15.2. The van der Waals surface area contributed by atoms with Crippen LogP contribution in [-0.4, -0.2) is 0 Å². The SMILES string of the molecule is C1=C(N(C2=Cc3cc4c(cc3C=CC2)C=CCC=C4)c2ccc3cc(/C=C/c4ccc(N(c5ccc6cc7ccccc7cc6c5)c5c6ccccc6cc6ccccc56)cc4)ccc3c2)c2ccccc2C/C=c2/ccccc2=1.CC. The van der Waals surface area contributed by atoms with Crippen LogP contribution in [0.4, 0.5) is 22.7 Å². The molecule has 0 radical (unpaired) electrons. The Kier molecular flexibility index (Phi) is 13.3. The lowest BCUT2D eigenvalue weighted by molar-refractivity contribution is 1.10. The van der Waals surface area contributed by atoms with E-state index in [9.17, 15) is 0 Å². The topological polar surface area (TPSA) is 6.48 Å². The monoisotopic (exact) mass is 1050 g/mol. The molecule has 0 amide bonds. The fourth-order valence-electron chi connectivity index (χ4n) is 12.3. The Bertz CT molecular complexity index is 4790. The molecule has 0 heterocycles. The number of rotatable bonds is 8. The summed E-state index contributed by atoms with van der Waals surface area (Å²) in [4.78, 5) is 4.93. The summed E-state index contributed by atoms with van der Waals surface area (Å²) in [5.41, 5.74) is 20.4. The molecule has 0 aromatic heterocycles. The van der Waals surface area contributed by atoms with E-state index in [-0.39, 0.29) is 0 Å². The lowest BCUT2D eigenvalue weighted by Crippen LogP contribution is -2.27. The van der Waals surface area contributed by atoms with E-state index in [0.29, 0.717) is 0 Å². The molecule has 0 saturated heterocycles. The van der Waals surface area contributed by atoms with E-state index in [4.69, 9.17) is 0 Å². The van der Waals surface area contributed by atoms with Crippen LogP contribution in [0.5, 0.6) is 0 Å². The van der Waals surface area contributed by atoms with E-state index in [2.05, 4.69) is 307 Å². The van der Waals surface area contributed by atoms with Crippen molar-refractivity contribution >= 4 is 131 Å². The first-order valence-corrected chi connectivity index (χ1v) is 28.9. The summed E-state index contributed by atoms with van der Waals surface area (Å²) in [5.74, 6) is 0. The molecule has 0 aliphatic heterocycles. The first-order valence-electron chi connectivity index (χ1n) is 28.9. The van der Waals surface area contributed by atoms with Gasteiger partial charge in [0.25, 0.3) is 0 Å². The summed E-state index contributed by atoms with van der Waals surface area (Å²) in [6.07, 6.45) is 25.4. The molecule has 12 aromatic rings. The van der Waals surface area contributed by atoms with Crippen LogP contribution in [0.1, 0.15) is 71.2 Å². The smallest absolute Gasteiger partial charge is 0.0970 e. The van der Waals surface area contributed by atoms with E-state index < -0.39 is 0 Å². The number of hydrogen-bond donors (Lipinski definition) is 0. The highest BCUT2D eigenvalue weighted by Gasteiger charge is 2.24. The normalized spacial score (nSPS) is 13.7. The summed E-state index contributed by atoms with van der Waals surface area (Å²) in [6.45, 7) is 4.00. The van der Waals surface area contributed by atoms with E-state index >= 15 is 0 Å². The number of nitrogens with zero attached hydrogens (tertiary/aromatic N) is 2. The molecule has 0 atom stereocenters. The van der Waals surface area contributed by atoms with E-state index in [0.717, 1.165) is 58.4 Å². The van der Waals surface area contributed by atoms with Gasteiger partial charge >= 0.3 is 0 Å². The van der Waals surface area contributed by atoms with Gasteiger partial charge in [0.1, 0.15) is 0 Å². The Morgan fingerprint density at radius 1 is 0.390 bits per heavy atom. The van der Waals surface area contributed by atoms with Crippen molar-refractivity contribution < 1.29 is 0 Å². The Labute approximate surface area is 480 Å². The Morgan fingerprint density at radius 3 is 1.68 bits per heavy atom. The molecule has 0 spiro atoms. The van der Waals surface area contributed by atoms with Gasteiger partial charge in [-0.05, 0) is 185 Å². The van der Waals surface area contributed by atoms with Gasteiger partial charge in [-0.1, -0.05) is 226 Å². The summed E-state index contributed by atoms with van der Waals surface area (Å²) >= 11 is 0. The maximum absolute atomic E-state index is 4.01. The number of benzene rings is 12. The first-order chi connectivity index (χ1) is 40.6. The van der Waals surface area contributed by atoms with Gasteiger partial charge in [-0.2, -0.15) is 0 Å². The first kappa shape index (κ1) is 50.0. The largest absolute Gasteiger partial charge is 0.309 e. The van der Waals surface area contributed by atoms with Gasteiger partial charge in [0.05, 0.1) is 11.4 Å². The van der Waals surface area contributed by atoms with Crippen LogP contribution in [0.2, 0.25) is 0 Å². The fourth-order valence-corrected chi connectivity index (χ4v) is 12.3. The number of allylic oxidation sites excluding steroid dienone is 3. The van der Waals surface area contributed by atoms with Crippen LogP contribution in [0.3, 0.4) is 0 Å². The van der Waals surface area contributed by atoms with Gasteiger partial charge in [0, 0.05) is 50.7 Å². The van der Waals surface area contributed by atoms with Crippen LogP contribution in [0.15, 0.2) is 254 Å². The molecule has 0 fully saturated rings. The maximum atomic E-state index is 4.01. The third-order valence-corrected chi connectivity index (χ3v) is 16.3. The molecular formula is C80H60N2. The molecule has 0 bridgehead atoms. The van der Waals surface area contributed by atoms with Gasteiger partial charge in [-0.15, -0.1) is 0 Å². The molecule has 2 heteroatoms. The van der Waals surface area contributed by atoms with E-state index in [1.165, 1.54) is 104 Å². The van der Waals surface area contributed by atoms with Gasteiger partial charge in [0.15, 0.2) is 0 Å². The minimum Gasteiger partial charge on any atom is -0.309 e. The third kappa shape index (κ3) is 9.56. The van der Waals surface area contributed by atoms with E-state index in [1.54, 1.807) is 0 Å². The van der Waals surface area contributed by atoms with Crippen molar-refractivity contribution in [1.29, 1.82) is 0 Å². The molecule has 3 aliphatic rings. The quantitative estimate of drug-likeness (QED) is 0.111. The van der Waals surface area contributed by atoms with Crippen molar-refractivity contribution in [3.63, 3.8) is 0 Å². The van der Waals surface area contributed by atoms with Crippen molar-refractivity contribution in [2.75, 3.05) is 9.80 Å². The van der Waals surface area contributed by atoms with Crippen molar-refractivity contribution in [2.24, 2.45) is 0 Å². The van der Waals surface area contributed by atoms with Gasteiger partial charge in [0.2, 0.25) is 0 Å². The molecular weight excluding hydrogens is 989 g/mol. The van der Waals surface area contributed by atoms with E-state index in [1.807, 2.05) is 13.8 Å². The molecule has 12 aromatic carbocycles. The number of hydrogen-bond acceptors (Lipinski definition) is 2. The molecule has 0 N–H and O–H groups in total. The molecule has 390 valence electrons. The van der Waals surface area contributed by atoms with Crippen LogP contribution in [0.25, 0.3) is 108 Å². The Balaban J connectivity index is 0.00000298. The van der Waals surface area contributed by atoms with Crippen LogP contribution in [0, 0.1) is 0 Å². The average Bonchev–Trinajstić information content (AvgIpc) is 3.45. The number of anilines is 4. The lowest BCUT2D eigenvalue weighted by atomic mass is 9.96. The summed E-state index contributed by atoms with van der Waals surface area (Å²) in [7, 11) is 0. The minimum absolute atomic E-state index is 0.758. The third-order valence-electron chi connectivity index (χ3n) is 16.3. The predicted molar refractivity (Wildman–Crippen MR) is 356 cm³/mol. The second-order valence-corrected chi connectivity index (χ2v) is 21.3. The number of fused-ring (bicyclic) bond motifs is 9. The van der Waals surface area contributed by atoms with Crippen LogP contribution in [-0.2, 0) is 6.42 Å². The molecule has 3 aliphatic carbocycles. The highest BCUT2D eigenvalue weighted by Crippen LogP contribution is 2.45. The zero-order chi connectivity index (χ0) is 54.9. The average molecular weight is 1050 g/mol. The molecule has 15 rings (SSSR count). The zero-order valence-corrected chi connectivity index (χ0v) is 46.2. The summed E-state index contributed by atoms with van der Waals surface area (Å²) in [6, 6.07) is 85.1. The molecule has 2 nitrogen and oxygen atoms in total. The standard InChI is InChI=1S/C78H54N2.C2H6/c1-2-17-57-44-61-24-14-25-71(50-68(61)46-59(57)18-3-1)79(77-52-62-21-5-4-15-55(62)35-36-56-16-8-11-26-74(56)77)72-41-37-63-43-54(31-34-65(63)49-72)30-29-53-32-39-70(40-33-53)80(73-42-38-64-45-58-19-6-7-20-60(58)47-69(64)51-73)78-75-27-12-9-22-66(75)48-67-23-10-13-28-76(67)78;1-2/h2-24,26-35,37-51H,1,25,36H2;1-2H3/b30-29+,55-35-;. The van der Waals surface area contributed by atoms with Crippen LogP contribution >= 0.6 is 0 Å². The van der Waals surface area contributed by atoms with Gasteiger partial charge in [-0.3, -0.25) is 0 Å². The molecule has 0 unspecified atom stereocenters. The van der Waals surface area contributed by atoms with Crippen molar-refractivity contribution in [2.45, 2.75) is 33.1 Å². The Hall–Kier alpha value is -10.2. The second kappa shape index (κ2) is 21.8. The van der Waals surface area contributed by atoms with Crippen molar-refractivity contribution in [1.82, 2.24) is 0 Å². The summed E-state index contributed by atoms with van der Waals surface area (Å²) in [5, 5.41) is 14.4. The Morgan fingerprint density at radius 2 is 0.915 bits per heavy atom. The van der Waals surface area contributed by atoms with Crippen molar-refractivity contribution in [3.8, 4) is 0 Å². The summed E-state index contributed by atoms with van der Waals surface area (Å²) < 4.78 is 0. The fraction of sp³-hybridized carbons (Fsp3) is 0.0625. The van der Waals surface area contributed by atoms with Crippen molar-refractivity contribution in [3.05, 3.63) is 309 Å². The predicted octanol–water partition coefficient (Wildman–Crippen LogP) is 20.3. The molecule has 0 saturated carbocycles. The van der Waals surface area contributed by atoms with Gasteiger partial charge < -0.3 is 9.80 Å². The lowest BCUT2D eigenvalue weighted by Gasteiger charge is -2.30. The van der Waals surface area contributed by atoms with Gasteiger partial charge in [-0.25, -0.2) is 0 Å². The zero-order valence-electron chi connectivity index (χ0n) is 46.2. The molecule has 82 heavy (non-hydrogen) atoms. The van der Waals surface area contributed by atoms with Crippen LogP contribution < -0.4 is 20.2 Å². The highest BCUT2D eigenvalue weighted by molar-refractivity contribution is 6.15. The maximum Gasteiger partial charge on any atom is 0.0970 e. The minimum atomic E-state index is 0.758. The second-order valence-electron chi connectivity index (χ2n) is 21.3.